The summed E-state index contributed by atoms with van der Waals surface area (Å²) in [5, 5.41) is 0. The van der Waals surface area contributed by atoms with Crippen LogP contribution in [0.3, 0.4) is 0 Å². The van der Waals surface area contributed by atoms with E-state index in [1.807, 2.05) is 0 Å². The molecule has 17 heavy (non-hydrogen) atoms. The molecule has 0 bridgehead atoms. The number of quaternary nitrogens is 1. The molecule has 1 saturated heterocycles. The van der Waals surface area contributed by atoms with Crippen LogP contribution in [0.25, 0.3) is 0 Å². The quantitative estimate of drug-likeness (QED) is 0.616. The van der Waals surface area contributed by atoms with E-state index in [9.17, 15) is 0 Å². The minimum atomic E-state index is 0.812. The summed E-state index contributed by atoms with van der Waals surface area (Å²) < 4.78 is 1.41. The van der Waals surface area contributed by atoms with E-state index >= 15 is 0 Å². The third kappa shape index (κ3) is 3.47. The second-order valence-corrected chi connectivity index (χ2v) is 6.59. The van der Waals surface area contributed by atoms with Crippen LogP contribution < -0.4 is 0 Å². The van der Waals surface area contributed by atoms with Crippen LogP contribution in [-0.4, -0.2) is 29.7 Å². The molecule has 0 amide bonds. The number of hydrogen-bond acceptors (Lipinski definition) is 0. The highest BCUT2D eigenvalue weighted by molar-refractivity contribution is 4.67. The Kier molecular flexibility index (Phi) is 5.99. The Morgan fingerprint density at radius 2 is 1.41 bits per heavy atom. The summed E-state index contributed by atoms with van der Waals surface area (Å²) in [5.74, 6) is 0.812. The first-order chi connectivity index (χ1) is 8.04. The minimum Gasteiger partial charge on any atom is -0.319 e. The Morgan fingerprint density at radius 1 is 0.882 bits per heavy atom. The van der Waals surface area contributed by atoms with Crippen molar-refractivity contribution in [3.8, 4) is 0 Å². The predicted octanol–water partition coefficient (Wildman–Crippen LogP) is 4.61. The second-order valence-electron chi connectivity index (χ2n) is 6.59. The summed E-state index contributed by atoms with van der Waals surface area (Å²) in [5.41, 5.74) is 0. The van der Waals surface area contributed by atoms with Crippen LogP contribution in [0, 0.1) is 5.92 Å². The molecule has 1 fully saturated rings. The standard InChI is InChI=1S/C16H34N/c1-6-11-15(4)17(16(5)14(2)3)12-9-7-8-10-13-17/h14-16H,6-13H2,1-5H3/q+1. The molecule has 2 atom stereocenters. The molecule has 2 unspecified atom stereocenters. The van der Waals surface area contributed by atoms with Crippen LogP contribution in [0.1, 0.15) is 73.1 Å². The fraction of sp³-hybridized carbons (Fsp3) is 1.00. The van der Waals surface area contributed by atoms with Crippen molar-refractivity contribution >= 4 is 0 Å². The molecule has 0 N–H and O–H groups in total. The maximum absolute atomic E-state index is 2.51. The van der Waals surface area contributed by atoms with Crippen molar-refractivity contribution in [2.75, 3.05) is 13.1 Å². The minimum absolute atomic E-state index is 0.812. The Bertz CT molecular complexity index is 202. The lowest BCUT2D eigenvalue weighted by Crippen LogP contribution is -2.61. The monoisotopic (exact) mass is 240 g/mol. The van der Waals surface area contributed by atoms with Gasteiger partial charge in [0.05, 0.1) is 25.2 Å². The van der Waals surface area contributed by atoms with Crippen LogP contribution in [0.15, 0.2) is 0 Å². The van der Waals surface area contributed by atoms with Gasteiger partial charge in [-0.3, -0.25) is 0 Å². The van der Waals surface area contributed by atoms with Crippen molar-refractivity contribution in [1.29, 1.82) is 0 Å². The summed E-state index contributed by atoms with van der Waals surface area (Å²) in [6, 6.07) is 1.69. The smallest absolute Gasteiger partial charge is 0.0886 e. The molecule has 1 heteroatoms. The van der Waals surface area contributed by atoms with Gasteiger partial charge in [-0.15, -0.1) is 0 Å². The highest BCUT2D eigenvalue weighted by atomic mass is 15.4. The highest BCUT2D eigenvalue weighted by Gasteiger charge is 2.40. The van der Waals surface area contributed by atoms with E-state index in [2.05, 4.69) is 34.6 Å². The largest absolute Gasteiger partial charge is 0.319 e. The Hall–Kier alpha value is -0.0400. The van der Waals surface area contributed by atoms with Crippen LogP contribution in [0.4, 0.5) is 0 Å². The van der Waals surface area contributed by atoms with Gasteiger partial charge in [-0.1, -0.05) is 27.2 Å². The molecule has 0 aromatic heterocycles. The average molecular weight is 240 g/mol. The van der Waals surface area contributed by atoms with E-state index in [0.717, 1.165) is 18.0 Å². The van der Waals surface area contributed by atoms with Crippen LogP contribution in [0.2, 0.25) is 0 Å². The normalized spacial score (nSPS) is 24.4. The van der Waals surface area contributed by atoms with Gasteiger partial charge < -0.3 is 4.48 Å². The van der Waals surface area contributed by atoms with E-state index < -0.39 is 0 Å². The van der Waals surface area contributed by atoms with Gasteiger partial charge in [0, 0.05) is 5.92 Å². The van der Waals surface area contributed by atoms with Crippen LogP contribution in [-0.2, 0) is 0 Å². The summed E-state index contributed by atoms with van der Waals surface area (Å²) in [7, 11) is 0. The first-order valence-electron chi connectivity index (χ1n) is 7.91. The second kappa shape index (κ2) is 6.78. The van der Waals surface area contributed by atoms with Crippen molar-refractivity contribution in [2.24, 2.45) is 5.92 Å². The molecular weight excluding hydrogens is 206 g/mol. The molecule has 1 heterocycles. The molecule has 102 valence electrons. The molecular formula is C16H34N+. The first kappa shape index (κ1) is 15.0. The molecule has 1 aliphatic heterocycles. The van der Waals surface area contributed by atoms with Crippen molar-refractivity contribution in [1.82, 2.24) is 0 Å². The van der Waals surface area contributed by atoms with Gasteiger partial charge in [0.1, 0.15) is 0 Å². The number of rotatable bonds is 5. The first-order valence-corrected chi connectivity index (χ1v) is 7.91. The van der Waals surface area contributed by atoms with Gasteiger partial charge in [-0.05, 0) is 46.0 Å². The van der Waals surface area contributed by atoms with E-state index in [1.54, 1.807) is 0 Å². The van der Waals surface area contributed by atoms with Gasteiger partial charge >= 0.3 is 0 Å². The lowest BCUT2D eigenvalue weighted by Gasteiger charge is -2.49. The number of nitrogens with zero attached hydrogens (tertiary/aromatic N) is 1. The average Bonchev–Trinajstić information content (AvgIpc) is 2.54. The zero-order valence-corrected chi connectivity index (χ0v) is 12.8. The summed E-state index contributed by atoms with van der Waals surface area (Å²) in [4.78, 5) is 0. The Balaban J connectivity index is 2.88. The van der Waals surface area contributed by atoms with Gasteiger partial charge in [0.2, 0.25) is 0 Å². The highest BCUT2D eigenvalue weighted by Crippen LogP contribution is 2.31. The van der Waals surface area contributed by atoms with Crippen molar-refractivity contribution < 1.29 is 4.48 Å². The fourth-order valence-corrected chi connectivity index (χ4v) is 3.80. The maximum Gasteiger partial charge on any atom is 0.0886 e. The lowest BCUT2D eigenvalue weighted by molar-refractivity contribution is -0.972. The molecule has 0 aliphatic carbocycles. The summed E-state index contributed by atoms with van der Waals surface area (Å²) >= 11 is 0. The fourth-order valence-electron chi connectivity index (χ4n) is 3.80. The molecule has 0 aromatic carbocycles. The topological polar surface area (TPSA) is 0 Å². The van der Waals surface area contributed by atoms with Crippen LogP contribution >= 0.6 is 0 Å². The third-order valence-corrected chi connectivity index (χ3v) is 5.26. The number of likely N-dealkylation sites (tertiary alicyclic amines) is 1. The summed E-state index contributed by atoms with van der Waals surface area (Å²) in [6.45, 7) is 15.0. The van der Waals surface area contributed by atoms with Gasteiger partial charge in [-0.2, -0.15) is 0 Å². The molecule has 0 aromatic rings. The molecule has 1 aliphatic rings. The molecule has 0 spiro atoms. The number of hydrogen-bond donors (Lipinski definition) is 0. The Labute approximate surface area is 109 Å². The maximum atomic E-state index is 2.51. The van der Waals surface area contributed by atoms with E-state index in [0.29, 0.717) is 0 Å². The Morgan fingerprint density at radius 3 is 1.82 bits per heavy atom. The van der Waals surface area contributed by atoms with Crippen molar-refractivity contribution in [3.63, 3.8) is 0 Å². The summed E-state index contributed by atoms with van der Waals surface area (Å²) in [6.07, 6.45) is 8.56. The van der Waals surface area contributed by atoms with Gasteiger partial charge in [-0.25, -0.2) is 0 Å². The van der Waals surface area contributed by atoms with Crippen LogP contribution in [0.5, 0.6) is 0 Å². The lowest BCUT2D eigenvalue weighted by atomic mass is 9.96. The van der Waals surface area contributed by atoms with E-state index in [1.165, 1.54) is 56.1 Å². The van der Waals surface area contributed by atoms with Crippen molar-refractivity contribution in [2.45, 2.75) is 85.2 Å². The molecule has 1 rings (SSSR count). The zero-order valence-electron chi connectivity index (χ0n) is 12.8. The molecule has 0 saturated carbocycles. The van der Waals surface area contributed by atoms with E-state index in [-0.39, 0.29) is 0 Å². The zero-order chi connectivity index (χ0) is 12.9. The predicted molar refractivity (Wildman–Crippen MR) is 77.1 cm³/mol. The van der Waals surface area contributed by atoms with Crippen molar-refractivity contribution in [3.05, 3.63) is 0 Å². The third-order valence-electron chi connectivity index (χ3n) is 5.26. The molecule has 0 radical (unpaired) electrons. The molecule has 1 nitrogen and oxygen atoms in total. The van der Waals surface area contributed by atoms with E-state index in [4.69, 9.17) is 0 Å². The van der Waals surface area contributed by atoms with Gasteiger partial charge in [0.15, 0.2) is 0 Å². The van der Waals surface area contributed by atoms with Gasteiger partial charge in [0.25, 0.3) is 0 Å². The SMILES string of the molecule is CCCC(C)[N+]1(C(C)C(C)C)CCCCCC1.